The van der Waals surface area contributed by atoms with E-state index in [-0.39, 0.29) is 5.25 Å². The molecule has 1 fully saturated rings. The Labute approximate surface area is 177 Å². The Hall–Kier alpha value is -2.18. The highest BCUT2D eigenvalue weighted by molar-refractivity contribution is 7.92. The zero-order valence-electron chi connectivity index (χ0n) is 16.8. The molecule has 0 aliphatic carbocycles. The number of rotatable bonds is 5. The number of benzene rings is 2. The molecule has 0 unspecified atom stereocenters. The molecule has 0 amide bonds. The number of aryl methyl sites for hydroxylation is 2. The van der Waals surface area contributed by atoms with Crippen LogP contribution in [0.1, 0.15) is 35.2 Å². The van der Waals surface area contributed by atoms with Gasteiger partial charge in [-0.25, -0.2) is 13.4 Å². The van der Waals surface area contributed by atoms with Crippen LogP contribution < -0.4 is 4.90 Å². The van der Waals surface area contributed by atoms with Crippen LogP contribution in [0.4, 0.5) is 5.13 Å². The van der Waals surface area contributed by atoms with Crippen molar-refractivity contribution in [2.24, 2.45) is 0 Å². The summed E-state index contributed by atoms with van der Waals surface area (Å²) >= 11 is 1.65. The number of sulfone groups is 1. The number of aromatic nitrogens is 1. The maximum atomic E-state index is 12.9. The molecule has 0 atom stereocenters. The second-order valence-corrected chi connectivity index (χ2v) is 10.8. The molecular formula is C23H26N2O2S2. The van der Waals surface area contributed by atoms with Gasteiger partial charge < -0.3 is 4.90 Å². The van der Waals surface area contributed by atoms with Gasteiger partial charge in [0, 0.05) is 24.9 Å². The van der Waals surface area contributed by atoms with E-state index in [4.69, 9.17) is 4.98 Å². The van der Waals surface area contributed by atoms with Crippen LogP contribution in [0.2, 0.25) is 0 Å². The third kappa shape index (κ3) is 4.38. The summed E-state index contributed by atoms with van der Waals surface area (Å²) in [7, 11) is -3.27. The van der Waals surface area contributed by atoms with Gasteiger partial charge in [-0.15, -0.1) is 11.3 Å². The van der Waals surface area contributed by atoms with Gasteiger partial charge in [0.2, 0.25) is 0 Å². The molecule has 4 rings (SSSR count). The van der Waals surface area contributed by atoms with E-state index < -0.39 is 9.84 Å². The van der Waals surface area contributed by atoms with E-state index in [0.29, 0.717) is 17.7 Å². The van der Waals surface area contributed by atoms with Gasteiger partial charge in [-0.2, -0.15) is 0 Å². The zero-order chi connectivity index (χ0) is 20.4. The monoisotopic (exact) mass is 426 g/mol. The lowest BCUT2D eigenvalue weighted by molar-refractivity contribution is 0.529. The van der Waals surface area contributed by atoms with E-state index in [2.05, 4.69) is 41.5 Å². The van der Waals surface area contributed by atoms with Crippen molar-refractivity contribution in [1.82, 2.24) is 4.98 Å². The molecule has 3 aromatic rings. The quantitative estimate of drug-likeness (QED) is 0.588. The van der Waals surface area contributed by atoms with Crippen LogP contribution >= 0.6 is 11.3 Å². The highest BCUT2D eigenvalue weighted by Gasteiger charge is 2.32. The van der Waals surface area contributed by atoms with E-state index in [1.807, 2.05) is 19.1 Å². The molecular weight excluding hydrogens is 400 g/mol. The number of piperidine rings is 1. The Morgan fingerprint density at radius 1 is 1.03 bits per heavy atom. The summed E-state index contributed by atoms with van der Waals surface area (Å²) in [4.78, 5) is 7.49. The van der Waals surface area contributed by atoms with Crippen LogP contribution in [0.25, 0.3) is 0 Å². The number of nitrogens with zero attached hydrogens (tertiary/aromatic N) is 2. The van der Waals surface area contributed by atoms with Crippen molar-refractivity contribution in [2.45, 2.75) is 43.3 Å². The number of anilines is 1. The molecule has 0 radical (unpaired) electrons. The fourth-order valence-electron chi connectivity index (χ4n) is 3.80. The van der Waals surface area contributed by atoms with Gasteiger partial charge in [0.15, 0.2) is 15.0 Å². The van der Waals surface area contributed by atoms with Crippen LogP contribution in [-0.2, 0) is 16.3 Å². The molecule has 1 aromatic heterocycles. The molecule has 1 aliphatic heterocycles. The summed E-state index contributed by atoms with van der Waals surface area (Å²) < 4.78 is 25.9. The zero-order valence-corrected chi connectivity index (χ0v) is 18.5. The third-order valence-corrected chi connectivity index (χ3v) is 8.90. The first-order valence-electron chi connectivity index (χ1n) is 9.98. The molecule has 4 nitrogen and oxygen atoms in total. The minimum atomic E-state index is -3.27. The first kappa shape index (κ1) is 20.1. The second-order valence-electron chi connectivity index (χ2n) is 7.77. The van der Waals surface area contributed by atoms with Crippen molar-refractivity contribution in [2.75, 3.05) is 18.0 Å². The lowest BCUT2D eigenvalue weighted by Gasteiger charge is -2.31. The lowest BCUT2D eigenvalue weighted by Crippen LogP contribution is -2.39. The summed E-state index contributed by atoms with van der Waals surface area (Å²) in [5, 5.41) is 2.81. The van der Waals surface area contributed by atoms with Gasteiger partial charge in [0.25, 0.3) is 0 Å². The van der Waals surface area contributed by atoms with E-state index in [1.54, 1.807) is 23.5 Å². The maximum Gasteiger partial charge on any atom is 0.185 e. The van der Waals surface area contributed by atoms with Crippen LogP contribution in [-0.4, -0.2) is 31.7 Å². The van der Waals surface area contributed by atoms with Crippen molar-refractivity contribution in [3.05, 3.63) is 76.3 Å². The minimum absolute atomic E-state index is 0.312. The standard InChI is InChI=1S/C23H26N2O2S2/c1-17-7-9-21(10-8-17)29(26,27)22-11-13-25(14-12-22)23-24-20(16-28-23)15-19-6-4-3-5-18(19)2/h3-10,16,22H,11-15H2,1-2H3. The summed E-state index contributed by atoms with van der Waals surface area (Å²) in [6.45, 7) is 5.55. The topological polar surface area (TPSA) is 50.3 Å². The molecule has 29 heavy (non-hydrogen) atoms. The van der Waals surface area contributed by atoms with Gasteiger partial charge in [-0.1, -0.05) is 42.0 Å². The smallest absolute Gasteiger partial charge is 0.185 e. The second kappa shape index (κ2) is 8.28. The van der Waals surface area contributed by atoms with Crippen molar-refractivity contribution in [3.8, 4) is 0 Å². The fraction of sp³-hybridized carbons (Fsp3) is 0.348. The number of thiazole rings is 1. The molecule has 0 saturated carbocycles. The Kier molecular flexibility index (Phi) is 5.74. The van der Waals surface area contributed by atoms with E-state index >= 15 is 0 Å². The van der Waals surface area contributed by atoms with Crippen molar-refractivity contribution in [1.29, 1.82) is 0 Å². The highest BCUT2D eigenvalue weighted by Crippen LogP contribution is 2.30. The largest absolute Gasteiger partial charge is 0.348 e. The van der Waals surface area contributed by atoms with Gasteiger partial charge in [0.05, 0.1) is 15.8 Å². The Morgan fingerprint density at radius 2 is 1.72 bits per heavy atom. The normalized spacial score (nSPS) is 15.6. The van der Waals surface area contributed by atoms with Crippen molar-refractivity contribution < 1.29 is 8.42 Å². The third-order valence-electron chi connectivity index (χ3n) is 5.67. The van der Waals surface area contributed by atoms with E-state index in [1.165, 1.54) is 11.1 Å². The molecule has 152 valence electrons. The molecule has 1 aliphatic rings. The van der Waals surface area contributed by atoms with Crippen LogP contribution in [0.15, 0.2) is 58.8 Å². The van der Waals surface area contributed by atoms with Crippen LogP contribution in [0.3, 0.4) is 0 Å². The summed E-state index contributed by atoms with van der Waals surface area (Å²) in [5.74, 6) is 0. The van der Waals surface area contributed by atoms with Crippen molar-refractivity contribution in [3.63, 3.8) is 0 Å². The van der Waals surface area contributed by atoms with E-state index in [9.17, 15) is 8.42 Å². The highest BCUT2D eigenvalue weighted by atomic mass is 32.2. The van der Waals surface area contributed by atoms with Gasteiger partial charge in [0.1, 0.15) is 0 Å². The first-order valence-corrected chi connectivity index (χ1v) is 12.4. The van der Waals surface area contributed by atoms with Gasteiger partial charge >= 0.3 is 0 Å². The van der Waals surface area contributed by atoms with Crippen molar-refractivity contribution >= 4 is 26.3 Å². The molecule has 2 heterocycles. The molecule has 1 saturated heterocycles. The molecule has 2 aromatic carbocycles. The molecule has 6 heteroatoms. The molecule has 0 spiro atoms. The lowest BCUT2D eigenvalue weighted by atomic mass is 10.1. The SMILES string of the molecule is Cc1ccc(S(=O)(=O)C2CCN(c3nc(Cc4ccccc4C)cs3)CC2)cc1. The Bertz CT molecular complexity index is 1080. The first-order chi connectivity index (χ1) is 13.9. The average Bonchev–Trinajstić information content (AvgIpc) is 3.19. The maximum absolute atomic E-state index is 12.9. The molecule has 0 bridgehead atoms. The van der Waals surface area contributed by atoms with Crippen LogP contribution in [0, 0.1) is 13.8 Å². The number of hydrogen-bond donors (Lipinski definition) is 0. The minimum Gasteiger partial charge on any atom is -0.348 e. The number of hydrogen-bond acceptors (Lipinski definition) is 5. The fourth-order valence-corrected chi connectivity index (χ4v) is 6.41. The summed E-state index contributed by atoms with van der Waals surface area (Å²) in [6, 6.07) is 15.6. The predicted molar refractivity (Wildman–Crippen MR) is 120 cm³/mol. The average molecular weight is 427 g/mol. The van der Waals surface area contributed by atoms with E-state index in [0.717, 1.165) is 35.9 Å². The van der Waals surface area contributed by atoms with Gasteiger partial charge in [-0.05, 0) is 49.9 Å². The Balaban J connectivity index is 1.40. The summed E-state index contributed by atoms with van der Waals surface area (Å²) in [5.41, 5.74) is 4.73. The molecule has 0 N–H and O–H groups in total. The van der Waals surface area contributed by atoms with Crippen LogP contribution in [0.5, 0.6) is 0 Å². The summed E-state index contributed by atoms with van der Waals surface area (Å²) in [6.07, 6.45) is 2.12. The predicted octanol–water partition coefficient (Wildman–Crippen LogP) is 4.79. The Morgan fingerprint density at radius 3 is 2.41 bits per heavy atom. The van der Waals surface area contributed by atoms with Gasteiger partial charge in [-0.3, -0.25) is 0 Å².